The summed E-state index contributed by atoms with van der Waals surface area (Å²) in [7, 11) is 0. The average Bonchev–Trinajstić information content (AvgIpc) is 2.41. The number of aliphatic carboxylic acids is 1. The van der Waals surface area contributed by atoms with Crippen molar-refractivity contribution in [3.05, 3.63) is 66.2 Å². The van der Waals surface area contributed by atoms with Crippen molar-refractivity contribution in [2.45, 2.75) is 10.8 Å². The average molecular weight is 258 g/mol. The molecule has 0 saturated heterocycles. The van der Waals surface area contributed by atoms with Gasteiger partial charge in [-0.3, -0.25) is 4.79 Å². The van der Waals surface area contributed by atoms with E-state index in [-0.39, 0.29) is 0 Å². The Bertz CT molecular complexity index is 496. The molecular formula is C15H14O2S. The van der Waals surface area contributed by atoms with E-state index in [4.69, 9.17) is 0 Å². The summed E-state index contributed by atoms with van der Waals surface area (Å²) < 4.78 is 0. The van der Waals surface area contributed by atoms with Gasteiger partial charge in [0.05, 0.1) is 5.92 Å². The molecule has 0 spiro atoms. The topological polar surface area (TPSA) is 37.3 Å². The highest BCUT2D eigenvalue weighted by atomic mass is 32.2. The lowest BCUT2D eigenvalue weighted by atomic mass is 10.0. The van der Waals surface area contributed by atoms with Crippen LogP contribution in [0, 0.1) is 0 Å². The molecule has 0 radical (unpaired) electrons. The predicted octanol–water partition coefficient (Wildman–Crippen LogP) is 3.65. The van der Waals surface area contributed by atoms with E-state index in [2.05, 4.69) is 0 Å². The minimum atomic E-state index is -0.773. The molecular weight excluding hydrogens is 244 g/mol. The van der Waals surface area contributed by atoms with E-state index in [9.17, 15) is 9.90 Å². The third-order valence-corrected chi connectivity index (χ3v) is 3.77. The largest absolute Gasteiger partial charge is 0.481 e. The molecule has 0 aliphatic carbocycles. The Balaban J connectivity index is 2.06. The fourth-order valence-corrected chi connectivity index (χ4v) is 2.74. The van der Waals surface area contributed by atoms with E-state index < -0.39 is 11.9 Å². The van der Waals surface area contributed by atoms with Gasteiger partial charge < -0.3 is 5.11 Å². The molecule has 3 heteroatoms. The minimum absolute atomic E-state index is 0.462. The van der Waals surface area contributed by atoms with Crippen LogP contribution >= 0.6 is 11.8 Å². The van der Waals surface area contributed by atoms with Crippen molar-refractivity contribution in [1.29, 1.82) is 0 Å². The molecule has 2 aromatic carbocycles. The number of thioether (sulfide) groups is 1. The summed E-state index contributed by atoms with van der Waals surface area (Å²) in [6, 6.07) is 19.2. The minimum Gasteiger partial charge on any atom is -0.481 e. The lowest BCUT2D eigenvalue weighted by Gasteiger charge is -2.12. The second-order valence-corrected chi connectivity index (χ2v) is 5.02. The van der Waals surface area contributed by atoms with Crippen molar-refractivity contribution in [3.8, 4) is 0 Å². The smallest absolute Gasteiger partial charge is 0.311 e. The second-order valence-electron chi connectivity index (χ2n) is 3.93. The first kappa shape index (κ1) is 12.7. The Labute approximate surface area is 111 Å². The van der Waals surface area contributed by atoms with E-state index in [0.717, 1.165) is 10.5 Å². The molecule has 0 fully saturated rings. The highest BCUT2D eigenvalue weighted by molar-refractivity contribution is 7.99. The number of hydrogen-bond donors (Lipinski definition) is 1. The lowest BCUT2D eigenvalue weighted by Crippen LogP contribution is -2.13. The van der Waals surface area contributed by atoms with E-state index in [1.54, 1.807) is 11.8 Å². The first-order valence-corrected chi connectivity index (χ1v) is 6.71. The zero-order valence-corrected chi connectivity index (χ0v) is 10.6. The normalized spacial score (nSPS) is 12.0. The second kappa shape index (κ2) is 6.26. The molecule has 0 aliphatic rings. The van der Waals surface area contributed by atoms with Gasteiger partial charge in [0.25, 0.3) is 0 Å². The van der Waals surface area contributed by atoms with Gasteiger partial charge in [-0.25, -0.2) is 0 Å². The van der Waals surface area contributed by atoms with E-state index in [1.165, 1.54) is 0 Å². The summed E-state index contributed by atoms with van der Waals surface area (Å²) in [5, 5.41) is 9.29. The summed E-state index contributed by atoms with van der Waals surface area (Å²) in [4.78, 5) is 12.4. The van der Waals surface area contributed by atoms with E-state index in [0.29, 0.717) is 5.75 Å². The predicted molar refractivity (Wildman–Crippen MR) is 74.0 cm³/mol. The molecule has 1 unspecified atom stereocenters. The van der Waals surface area contributed by atoms with Gasteiger partial charge in [0.15, 0.2) is 0 Å². The molecule has 0 heterocycles. The first-order chi connectivity index (χ1) is 8.77. The molecule has 1 N–H and O–H groups in total. The number of carbonyl (C=O) groups is 1. The summed E-state index contributed by atoms with van der Waals surface area (Å²) in [6.07, 6.45) is 0. The molecule has 92 valence electrons. The number of rotatable bonds is 5. The van der Waals surface area contributed by atoms with Gasteiger partial charge in [0.2, 0.25) is 0 Å². The Hall–Kier alpha value is -1.74. The van der Waals surface area contributed by atoms with Crippen molar-refractivity contribution >= 4 is 17.7 Å². The monoisotopic (exact) mass is 258 g/mol. The lowest BCUT2D eigenvalue weighted by molar-refractivity contribution is -0.138. The van der Waals surface area contributed by atoms with Gasteiger partial charge in [-0.15, -0.1) is 11.8 Å². The molecule has 0 aromatic heterocycles. The quantitative estimate of drug-likeness (QED) is 0.832. The summed E-state index contributed by atoms with van der Waals surface area (Å²) >= 11 is 1.57. The van der Waals surface area contributed by atoms with Crippen molar-refractivity contribution < 1.29 is 9.90 Å². The van der Waals surface area contributed by atoms with Gasteiger partial charge >= 0.3 is 5.97 Å². The first-order valence-electron chi connectivity index (χ1n) is 5.73. The van der Waals surface area contributed by atoms with Crippen LogP contribution in [0.3, 0.4) is 0 Å². The zero-order valence-electron chi connectivity index (χ0n) is 9.82. The van der Waals surface area contributed by atoms with Crippen LogP contribution < -0.4 is 0 Å². The Morgan fingerprint density at radius 3 is 2.11 bits per heavy atom. The fourth-order valence-electron chi connectivity index (χ4n) is 1.69. The third kappa shape index (κ3) is 3.37. The standard InChI is InChI=1S/C15H14O2S/c16-15(17)14(12-7-3-1-4-8-12)11-18-13-9-5-2-6-10-13/h1-10,14H,11H2,(H,16,17). The molecule has 2 rings (SSSR count). The van der Waals surface area contributed by atoms with Crippen molar-refractivity contribution in [1.82, 2.24) is 0 Å². The maximum atomic E-state index is 11.3. The zero-order chi connectivity index (χ0) is 12.8. The van der Waals surface area contributed by atoms with Gasteiger partial charge in [0.1, 0.15) is 0 Å². The van der Waals surface area contributed by atoms with Crippen LogP contribution in [0.25, 0.3) is 0 Å². The van der Waals surface area contributed by atoms with E-state index in [1.807, 2.05) is 60.7 Å². The molecule has 0 bridgehead atoms. The van der Waals surface area contributed by atoms with Crippen molar-refractivity contribution in [3.63, 3.8) is 0 Å². The maximum Gasteiger partial charge on any atom is 0.311 e. The molecule has 2 nitrogen and oxygen atoms in total. The Kier molecular flexibility index (Phi) is 4.42. The number of carboxylic acids is 1. The molecule has 0 saturated carbocycles. The summed E-state index contributed by atoms with van der Waals surface area (Å²) in [5.74, 6) is -0.690. The van der Waals surface area contributed by atoms with Crippen LogP contribution in [0.1, 0.15) is 11.5 Å². The SMILES string of the molecule is O=C(O)C(CSc1ccccc1)c1ccccc1. The van der Waals surface area contributed by atoms with Gasteiger partial charge in [-0.2, -0.15) is 0 Å². The van der Waals surface area contributed by atoms with Crippen LogP contribution in [0.5, 0.6) is 0 Å². The van der Waals surface area contributed by atoms with Gasteiger partial charge in [-0.1, -0.05) is 48.5 Å². The summed E-state index contributed by atoms with van der Waals surface area (Å²) in [6.45, 7) is 0. The Morgan fingerprint density at radius 1 is 1.00 bits per heavy atom. The van der Waals surface area contributed by atoms with E-state index >= 15 is 0 Å². The van der Waals surface area contributed by atoms with Gasteiger partial charge in [0, 0.05) is 10.6 Å². The summed E-state index contributed by atoms with van der Waals surface area (Å²) in [5.41, 5.74) is 0.855. The molecule has 1 atom stereocenters. The maximum absolute atomic E-state index is 11.3. The van der Waals surface area contributed by atoms with Crippen LogP contribution in [0.15, 0.2) is 65.6 Å². The highest BCUT2D eigenvalue weighted by Gasteiger charge is 2.19. The highest BCUT2D eigenvalue weighted by Crippen LogP contribution is 2.26. The van der Waals surface area contributed by atoms with Gasteiger partial charge in [-0.05, 0) is 17.7 Å². The number of hydrogen-bond acceptors (Lipinski definition) is 2. The fraction of sp³-hybridized carbons (Fsp3) is 0.133. The van der Waals surface area contributed by atoms with Crippen LogP contribution in [-0.2, 0) is 4.79 Å². The van der Waals surface area contributed by atoms with Crippen LogP contribution in [0.4, 0.5) is 0 Å². The number of benzene rings is 2. The number of carboxylic acid groups (broad SMARTS) is 1. The molecule has 2 aromatic rings. The molecule has 0 amide bonds. The van der Waals surface area contributed by atoms with Crippen molar-refractivity contribution in [2.75, 3.05) is 5.75 Å². The van der Waals surface area contributed by atoms with Crippen molar-refractivity contribution in [2.24, 2.45) is 0 Å². The van der Waals surface area contributed by atoms with Crippen LogP contribution in [0.2, 0.25) is 0 Å². The van der Waals surface area contributed by atoms with Crippen LogP contribution in [-0.4, -0.2) is 16.8 Å². The Morgan fingerprint density at radius 2 is 1.56 bits per heavy atom. The molecule has 18 heavy (non-hydrogen) atoms. The third-order valence-electron chi connectivity index (χ3n) is 2.66. The molecule has 0 aliphatic heterocycles.